The van der Waals surface area contributed by atoms with E-state index in [9.17, 15) is 29.4 Å². The minimum atomic E-state index is -1.41. The normalized spacial score (nSPS) is 14.5. The van der Waals surface area contributed by atoms with Crippen LogP contribution in [0, 0.1) is 0 Å². The van der Waals surface area contributed by atoms with Crippen molar-refractivity contribution in [3.05, 3.63) is 35.9 Å². The molecule has 11 heteroatoms. The topological polar surface area (TPSA) is 197 Å². The number of carbonyl (C=O) groups is 4. The van der Waals surface area contributed by atoms with Crippen molar-refractivity contribution in [2.24, 2.45) is 11.5 Å². The number of carbonyl (C=O) groups excluding carboxylic acids is 3. The summed E-state index contributed by atoms with van der Waals surface area (Å²) < 4.78 is 0. The molecule has 32 heavy (non-hydrogen) atoms. The molecule has 1 aromatic carbocycles. The quantitative estimate of drug-likeness (QED) is 0.161. The van der Waals surface area contributed by atoms with Crippen LogP contribution in [-0.4, -0.2) is 71.2 Å². The molecule has 11 nitrogen and oxygen atoms in total. The van der Waals surface area contributed by atoms with Crippen LogP contribution in [0.4, 0.5) is 0 Å². The molecule has 1 aromatic rings. The van der Waals surface area contributed by atoms with Gasteiger partial charge < -0.3 is 37.6 Å². The first-order valence-electron chi connectivity index (χ1n) is 10.4. The van der Waals surface area contributed by atoms with E-state index in [2.05, 4.69) is 16.0 Å². The molecule has 178 valence electrons. The number of rotatable bonds is 14. The van der Waals surface area contributed by atoms with Crippen molar-refractivity contribution in [3.63, 3.8) is 0 Å². The van der Waals surface area contributed by atoms with Crippen molar-refractivity contribution in [2.75, 3.05) is 13.1 Å². The van der Waals surface area contributed by atoms with Crippen molar-refractivity contribution >= 4 is 23.7 Å². The molecule has 4 atom stereocenters. The first kappa shape index (κ1) is 27.0. The Bertz CT molecular complexity index is 758. The van der Waals surface area contributed by atoms with Gasteiger partial charge in [0.2, 0.25) is 17.7 Å². The number of hydrogen-bond acceptors (Lipinski definition) is 7. The molecule has 4 unspecified atom stereocenters. The number of aliphatic hydroxyl groups excluding tert-OH is 1. The third kappa shape index (κ3) is 9.86. The highest BCUT2D eigenvalue weighted by atomic mass is 16.4. The molecule has 0 radical (unpaired) electrons. The van der Waals surface area contributed by atoms with E-state index >= 15 is 0 Å². The highest BCUT2D eigenvalue weighted by molar-refractivity contribution is 5.92. The molecule has 0 spiro atoms. The first-order chi connectivity index (χ1) is 15.1. The van der Waals surface area contributed by atoms with Crippen LogP contribution in [0.5, 0.6) is 0 Å². The van der Waals surface area contributed by atoms with E-state index in [0.29, 0.717) is 24.9 Å². The van der Waals surface area contributed by atoms with Crippen molar-refractivity contribution in [3.8, 4) is 0 Å². The average Bonchev–Trinajstić information content (AvgIpc) is 2.75. The first-order valence-corrected chi connectivity index (χ1v) is 10.4. The van der Waals surface area contributed by atoms with Crippen LogP contribution in [0.25, 0.3) is 0 Å². The molecule has 0 bridgehead atoms. The Morgan fingerprint density at radius 1 is 1.03 bits per heavy atom. The monoisotopic (exact) mass is 451 g/mol. The maximum Gasteiger partial charge on any atom is 0.326 e. The molecule has 0 aliphatic heterocycles. The van der Waals surface area contributed by atoms with Gasteiger partial charge in [-0.15, -0.1) is 0 Å². The lowest BCUT2D eigenvalue weighted by molar-refractivity contribution is -0.142. The van der Waals surface area contributed by atoms with Crippen molar-refractivity contribution < 1.29 is 29.4 Å². The summed E-state index contributed by atoms with van der Waals surface area (Å²) in [7, 11) is 0. The van der Waals surface area contributed by atoms with E-state index in [-0.39, 0.29) is 6.42 Å². The summed E-state index contributed by atoms with van der Waals surface area (Å²) in [4.78, 5) is 48.2. The summed E-state index contributed by atoms with van der Waals surface area (Å²) in [5.41, 5.74) is 11.8. The largest absolute Gasteiger partial charge is 0.480 e. The molecule has 0 saturated heterocycles. The lowest BCUT2D eigenvalue weighted by atomic mass is 10.0. The molecule has 0 fully saturated rings. The van der Waals surface area contributed by atoms with Gasteiger partial charge in [0.25, 0.3) is 0 Å². The zero-order chi connectivity index (χ0) is 24.1. The fraction of sp³-hybridized carbons (Fsp3) is 0.524. The number of nitrogens with one attached hydrogen (secondary N) is 3. The van der Waals surface area contributed by atoms with E-state index in [0.717, 1.165) is 6.42 Å². The van der Waals surface area contributed by atoms with E-state index in [4.69, 9.17) is 11.5 Å². The summed E-state index contributed by atoms with van der Waals surface area (Å²) in [6.45, 7) is 1.32. The zero-order valence-corrected chi connectivity index (χ0v) is 18.1. The highest BCUT2D eigenvalue weighted by Gasteiger charge is 2.30. The van der Waals surface area contributed by atoms with Gasteiger partial charge >= 0.3 is 5.97 Å². The maximum atomic E-state index is 12.6. The number of aliphatic carboxylic acids is 1. The van der Waals surface area contributed by atoms with Crippen LogP contribution < -0.4 is 27.4 Å². The second-order valence-electron chi connectivity index (χ2n) is 7.48. The van der Waals surface area contributed by atoms with E-state index < -0.39 is 54.5 Å². The number of amides is 3. The minimum absolute atomic E-state index is 0.0283. The second kappa shape index (κ2) is 14.1. The smallest absolute Gasteiger partial charge is 0.326 e. The molecular formula is C21H33N5O6. The van der Waals surface area contributed by atoms with Gasteiger partial charge in [0.15, 0.2) is 0 Å². The van der Waals surface area contributed by atoms with Gasteiger partial charge in [-0.05, 0) is 31.9 Å². The van der Waals surface area contributed by atoms with E-state index in [1.165, 1.54) is 6.92 Å². The Hall–Kier alpha value is -3.02. The lowest BCUT2D eigenvalue weighted by Gasteiger charge is -2.23. The number of carboxylic acid groups (broad SMARTS) is 1. The number of benzene rings is 1. The van der Waals surface area contributed by atoms with Gasteiger partial charge in [-0.1, -0.05) is 36.8 Å². The lowest BCUT2D eigenvalue weighted by Crippen LogP contribution is -2.57. The molecule has 0 aromatic heterocycles. The van der Waals surface area contributed by atoms with Gasteiger partial charge in [0.05, 0.1) is 18.7 Å². The third-order valence-corrected chi connectivity index (χ3v) is 4.71. The third-order valence-electron chi connectivity index (χ3n) is 4.71. The number of unbranched alkanes of at least 4 members (excludes halogenated alkanes) is 1. The van der Waals surface area contributed by atoms with Crippen LogP contribution in [0.1, 0.15) is 31.7 Å². The second-order valence-corrected chi connectivity index (χ2v) is 7.48. The van der Waals surface area contributed by atoms with Crippen LogP contribution in [0.2, 0.25) is 0 Å². The molecule has 1 rings (SSSR count). The van der Waals surface area contributed by atoms with Crippen LogP contribution in [0.3, 0.4) is 0 Å². The predicted octanol–water partition coefficient (Wildman–Crippen LogP) is -1.76. The summed E-state index contributed by atoms with van der Waals surface area (Å²) in [5, 5.41) is 26.4. The Morgan fingerprint density at radius 3 is 2.25 bits per heavy atom. The molecule has 0 aliphatic rings. The molecule has 0 aliphatic carbocycles. The van der Waals surface area contributed by atoms with Crippen LogP contribution >= 0.6 is 0 Å². The van der Waals surface area contributed by atoms with Crippen molar-refractivity contribution in [2.45, 2.75) is 56.8 Å². The molecule has 0 heterocycles. The van der Waals surface area contributed by atoms with Gasteiger partial charge in [-0.2, -0.15) is 0 Å². The molecule has 3 amide bonds. The summed E-state index contributed by atoms with van der Waals surface area (Å²) in [6.07, 6.45) is 0.546. The summed E-state index contributed by atoms with van der Waals surface area (Å²) in [6, 6.07) is 5.26. The summed E-state index contributed by atoms with van der Waals surface area (Å²) in [5.74, 6) is -3.37. The van der Waals surface area contributed by atoms with Gasteiger partial charge in [0.1, 0.15) is 12.1 Å². The number of hydrogen-bond donors (Lipinski definition) is 7. The fourth-order valence-electron chi connectivity index (χ4n) is 2.88. The molecule has 0 saturated carbocycles. The Kier molecular flexibility index (Phi) is 11.9. The average molecular weight is 452 g/mol. The SMILES string of the molecule is CC(O)C(NC(=O)CNC(=O)C(N)CCCCN)C(=O)NC(Cc1ccccc1)C(=O)O. The van der Waals surface area contributed by atoms with Crippen LogP contribution in [0.15, 0.2) is 30.3 Å². The van der Waals surface area contributed by atoms with Gasteiger partial charge in [0, 0.05) is 6.42 Å². The predicted molar refractivity (Wildman–Crippen MR) is 117 cm³/mol. The molecule has 9 N–H and O–H groups in total. The van der Waals surface area contributed by atoms with Gasteiger partial charge in [-0.3, -0.25) is 14.4 Å². The van der Waals surface area contributed by atoms with Gasteiger partial charge in [-0.25, -0.2) is 4.79 Å². The minimum Gasteiger partial charge on any atom is -0.480 e. The zero-order valence-electron chi connectivity index (χ0n) is 18.1. The highest BCUT2D eigenvalue weighted by Crippen LogP contribution is 2.05. The Labute approximate surface area is 186 Å². The fourth-order valence-corrected chi connectivity index (χ4v) is 2.88. The van der Waals surface area contributed by atoms with Crippen molar-refractivity contribution in [1.29, 1.82) is 0 Å². The maximum absolute atomic E-state index is 12.6. The number of carboxylic acids is 1. The Morgan fingerprint density at radius 2 is 1.69 bits per heavy atom. The van der Waals surface area contributed by atoms with E-state index in [1.54, 1.807) is 30.3 Å². The number of aliphatic hydroxyl groups is 1. The number of nitrogens with two attached hydrogens (primary N) is 2. The molecular weight excluding hydrogens is 418 g/mol. The Balaban J connectivity index is 2.63. The van der Waals surface area contributed by atoms with Crippen LogP contribution in [-0.2, 0) is 25.6 Å². The van der Waals surface area contributed by atoms with Crippen molar-refractivity contribution in [1.82, 2.24) is 16.0 Å². The summed E-state index contributed by atoms with van der Waals surface area (Å²) >= 11 is 0. The van der Waals surface area contributed by atoms with E-state index in [1.807, 2.05) is 0 Å². The standard InChI is InChI=1S/C21H33N5O6/c1-13(27)18(26-17(28)12-24-19(29)15(23)9-5-6-10-22)20(30)25-16(21(31)32)11-14-7-3-2-4-8-14/h2-4,7-8,13,15-16,18,27H,5-6,9-12,22-23H2,1H3,(H,24,29)(H,25,30)(H,26,28)(H,31,32).